The molecule has 3 nitrogen and oxygen atoms in total. The number of carbonyl (C=O) groups is 1. The van der Waals surface area contributed by atoms with Gasteiger partial charge < -0.3 is 5.32 Å². The summed E-state index contributed by atoms with van der Waals surface area (Å²) in [6.45, 7) is 2.06. The lowest BCUT2D eigenvalue weighted by atomic mass is 10.1. The number of nitrogens with zero attached hydrogens (tertiary/aromatic N) is 1. The first-order valence-electron chi connectivity index (χ1n) is 6.38. The summed E-state index contributed by atoms with van der Waals surface area (Å²) < 4.78 is 0. The Morgan fingerprint density at radius 3 is 3.00 bits per heavy atom. The molecule has 0 bridgehead atoms. The number of aliphatic imine (C=N–C) groups is 1. The molecule has 1 aromatic carbocycles. The maximum absolute atomic E-state index is 11.5. The molecule has 1 aromatic rings. The van der Waals surface area contributed by atoms with Gasteiger partial charge in [0, 0.05) is 11.7 Å². The number of nitrogens with one attached hydrogen (secondary N) is 1. The van der Waals surface area contributed by atoms with Crippen LogP contribution in [0.15, 0.2) is 23.2 Å². The molecule has 1 unspecified atom stereocenters. The normalized spacial score (nSPS) is 25.1. The minimum Gasteiger partial charge on any atom is -0.305 e. The fraction of sp³-hybridized carbons (Fsp3) is 0.429. The fourth-order valence-electron chi connectivity index (χ4n) is 2.49. The van der Waals surface area contributed by atoms with Crippen LogP contribution in [0.4, 0.5) is 5.69 Å². The number of hydrogen-bond donors (Lipinski definition) is 1. The molecular weight excluding hydrogens is 244 g/mol. The van der Waals surface area contributed by atoms with Crippen LogP contribution in [0.2, 0.25) is 0 Å². The van der Waals surface area contributed by atoms with Gasteiger partial charge in [-0.3, -0.25) is 4.79 Å². The van der Waals surface area contributed by atoms with Crippen LogP contribution in [0.3, 0.4) is 0 Å². The lowest BCUT2D eigenvalue weighted by Crippen LogP contribution is -2.36. The largest absolute Gasteiger partial charge is 0.305 e. The average molecular weight is 260 g/mol. The number of thioether (sulfide) groups is 1. The Morgan fingerprint density at radius 1 is 1.33 bits per heavy atom. The van der Waals surface area contributed by atoms with Crippen molar-refractivity contribution in [1.29, 1.82) is 0 Å². The van der Waals surface area contributed by atoms with Crippen molar-refractivity contribution in [3.8, 4) is 0 Å². The predicted octanol–water partition coefficient (Wildman–Crippen LogP) is 2.80. The van der Waals surface area contributed by atoms with E-state index in [0.29, 0.717) is 11.7 Å². The number of rotatable bonds is 1. The minimum absolute atomic E-state index is 0.0705. The van der Waals surface area contributed by atoms with Crippen molar-refractivity contribution in [2.24, 2.45) is 4.99 Å². The standard InChI is InChI=1S/C14H16N2OS/c1-9-7-13(17)16-14(18-9)15-12-6-5-10-3-2-4-11(10)8-12/h5-6,8-9H,2-4,7H2,1H3,(H,15,16,17). The Balaban J connectivity index is 1.85. The Labute approximate surface area is 111 Å². The van der Waals surface area contributed by atoms with Crippen LogP contribution in [0.5, 0.6) is 0 Å². The molecule has 1 aliphatic heterocycles. The van der Waals surface area contributed by atoms with E-state index in [9.17, 15) is 4.79 Å². The van der Waals surface area contributed by atoms with Gasteiger partial charge in [-0.15, -0.1) is 0 Å². The maximum Gasteiger partial charge on any atom is 0.227 e. The number of benzene rings is 1. The van der Waals surface area contributed by atoms with E-state index in [1.807, 2.05) is 6.07 Å². The van der Waals surface area contributed by atoms with Gasteiger partial charge in [0.2, 0.25) is 5.91 Å². The first kappa shape index (κ1) is 11.8. The van der Waals surface area contributed by atoms with Crippen LogP contribution >= 0.6 is 11.8 Å². The van der Waals surface area contributed by atoms with E-state index in [2.05, 4.69) is 29.4 Å². The van der Waals surface area contributed by atoms with Gasteiger partial charge in [-0.05, 0) is 42.5 Å². The van der Waals surface area contributed by atoms with Gasteiger partial charge in [-0.2, -0.15) is 0 Å². The first-order valence-corrected chi connectivity index (χ1v) is 7.26. The highest BCUT2D eigenvalue weighted by atomic mass is 32.2. The maximum atomic E-state index is 11.5. The third kappa shape index (κ3) is 2.43. The van der Waals surface area contributed by atoms with Crippen molar-refractivity contribution in [1.82, 2.24) is 5.32 Å². The van der Waals surface area contributed by atoms with Crippen molar-refractivity contribution in [3.63, 3.8) is 0 Å². The molecule has 1 aliphatic carbocycles. The molecule has 1 fully saturated rings. The molecule has 4 heteroatoms. The van der Waals surface area contributed by atoms with Crippen molar-refractivity contribution in [2.75, 3.05) is 0 Å². The zero-order valence-electron chi connectivity index (χ0n) is 10.4. The van der Waals surface area contributed by atoms with E-state index in [4.69, 9.17) is 0 Å². The summed E-state index contributed by atoms with van der Waals surface area (Å²) in [6.07, 6.45) is 4.17. The Hall–Kier alpha value is -1.29. The topological polar surface area (TPSA) is 41.5 Å². The molecule has 0 spiro atoms. The second-order valence-electron chi connectivity index (χ2n) is 4.90. The van der Waals surface area contributed by atoms with Gasteiger partial charge in [0.15, 0.2) is 5.17 Å². The molecule has 1 N–H and O–H groups in total. The summed E-state index contributed by atoms with van der Waals surface area (Å²) in [5.74, 6) is 0.0705. The van der Waals surface area contributed by atoms with Gasteiger partial charge in [0.1, 0.15) is 0 Å². The molecule has 94 valence electrons. The number of fused-ring (bicyclic) bond motifs is 1. The smallest absolute Gasteiger partial charge is 0.227 e. The van der Waals surface area contributed by atoms with Gasteiger partial charge in [0.05, 0.1) is 5.69 Å². The zero-order chi connectivity index (χ0) is 12.5. The lowest BCUT2D eigenvalue weighted by molar-refractivity contribution is -0.119. The number of hydrogen-bond acceptors (Lipinski definition) is 3. The number of carbonyl (C=O) groups excluding carboxylic acids is 1. The lowest BCUT2D eigenvalue weighted by Gasteiger charge is -2.19. The summed E-state index contributed by atoms with van der Waals surface area (Å²) >= 11 is 1.64. The molecule has 1 heterocycles. The Bertz CT molecular complexity index is 525. The molecule has 2 aliphatic rings. The van der Waals surface area contributed by atoms with Crippen LogP contribution in [0, 0.1) is 0 Å². The van der Waals surface area contributed by atoms with Gasteiger partial charge >= 0.3 is 0 Å². The van der Waals surface area contributed by atoms with E-state index < -0.39 is 0 Å². The first-order chi connectivity index (χ1) is 8.70. The van der Waals surface area contributed by atoms with Crippen molar-refractivity contribution in [2.45, 2.75) is 37.9 Å². The highest BCUT2D eigenvalue weighted by molar-refractivity contribution is 8.14. The van der Waals surface area contributed by atoms with Crippen molar-refractivity contribution in [3.05, 3.63) is 29.3 Å². The Kier molecular flexibility index (Phi) is 3.12. The molecule has 3 rings (SSSR count). The van der Waals surface area contributed by atoms with Gasteiger partial charge in [-0.25, -0.2) is 4.99 Å². The van der Waals surface area contributed by atoms with Crippen LogP contribution in [-0.4, -0.2) is 16.3 Å². The summed E-state index contributed by atoms with van der Waals surface area (Å²) in [5, 5.41) is 3.88. The number of amidine groups is 1. The van der Waals surface area contributed by atoms with Crippen LogP contribution < -0.4 is 5.32 Å². The van der Waals surface area contributed by atoms with Gasteiger partial charge in [0.25, 0.3) is 0 Å². The molecule has 1 amide bonds. The van der Waals surface area contributed by atoms with E-state index >= 15 is 0 Å². The SMILES string of the molecule is CC1CC(=O)NC(=Nc2ccc3c(c2)CCC3)S1. The van der Waals surface area contributed by atoms with Crippen molar-refractivity contribution < 1.29 is 4.79 Å². The quantitative estimate of drug-likeness (QED) is 0.843. The summed E-state index contributed by atoms with van der Waals surface area (Å²) in [5.41, 5.74) is 3.82. The third-order valence-corrected chi connectivity index (χ3v) is 4.33. The predicted molar refractivity (Wildman–Crippen MR) is 75.4 cm³/mol. The summed E-state index contributed by atoms with van der Waals surface area (Å²) in [6, 6.07) is 6.37. The summed E-state index contributed by atoms with van der Waals surface area (Å²) in [7, 11) is 0. The van der Waals surface area contributed by atoms with E-state index in [1.54, 1.807) is 11.8 Å². The average Bonchev–Trinajstić information content (AvgIpc) is 2.74. The Morgan fingerprint density at radius 2 is 2.17 bits per heavy atom. The number of aryl methyl sites for hydroxylation is 2. The molecule has 0 radical (unpaired) electrons. The van der Waals surface area contributed by atoms with E-state index in [0.717, 1.165) is 17.3 Å². The third-order valence-electron chi connectivity index (χ3n) is 3.34. The molecular formula is C14H16N2OS. The molecule has 1 atom stereocenters. The fourth-order valence-corrected chi connectivity index (χ4v) is 3.44. The molecule has 18 heavy (non-hydrogen) atoms. The van der Waals surface area contributed by atoms with E-state index in [-0.39, 0.29) is 5.91 Å². The van der Waals surface area contributed by atoms with Crippen molar-refractivity contribution >= 4 is 28.5 Å². The molecule has 1 saturated heterocycles. The second-order valence-corrected chi connectivity index (χ2v) is 6.33. The zero-order valence-corrected chi connectivity index (χ0v) is 11.2. The molecule has 0 aromatic heterocycles. The number of amides is 1. The monoisotopic (exact) mass is 260 g/mol. The van der Waals surface area contributed by atoms with E-state index in [1.165, 1.54) is 24.0 Å². The molecule has 0 saturated carbocycles. The van der Waals surface area contributed by atoms with Crippen LogP contribution in [-0.2, 0) is 17.6 Å². The minimum atomic E-state index is 0.0705. The second kappa shape index (κ2) is 4.76. The van der Waals surface area contributed by atoms with Crippen LogP contribution in [0.25, 0.3) is 0 Å². The van der Waals surface area contributed by atoms with Crippen LogP contribution in [0.1, 0.15) is 30.9 Å². The highest BCUT2D eigenvalue weighted by Gasteiger charge is 2.20. The summed E-state index contributed by atoms with van der Waals surface area (Å²) in [4.78, 5) is 16.0. The van der Waals surface area contributed by atoms with Gasteiger partial charge in [-0.1, -0.05) is 24.8 Å². The highest BCUT2D eigenvalue weighted by Crippen LogP contribution is 2.28.